The number of nitrogens with two attached hydrogens (primary N) is 1. The first-order valence-corrected chi connectivity index (χ1v) is 6.67. The van der Waals surface area contributed by atoms with Crippen molar-refractivity contribution in [3.63, 3.8) is 0 Å². The van der Waals surface area contributed by atoms with Gasteiger partial charge in [-0.15, -0.1) is 0 Å². The van der Waals surface area contributed by atoms with Crippen LogP contribution in [0.4, 0.5) is 11.4 Å². The SMILES string of the molecule is CN(CC1(N(C)C)CCC1)c1cc(C#N)ccc1N. The van der Waals surface area contributed by atoms with Crippen LogP contribution in [0, 0.1) is 11.3 Å². The summed E-state index contributed by atoms with van der Waals surface area (Å²) in [4.78, 5) is 4.49. The summed E-state index contributed by atoms with van der Waals surface area (Å²) in [6, 6.07) is 7.62. The highest BCUT2D eigenvalue weighted by Gasteiger charge is 2.40. The van der Waals surface area contributed by atoms with Crippen LogP contribution in [0.5, 0.6) is 0 Å². The lowest BCUT2D eigenvalue weighted by atomic mass is 9.75. The van der Waals surface area contributed by atoms with Crippen LogP contribution >= 0.6 is 0 Å². The quantitative estimate of drug-likeness (QED) is 0.840. The first kappa shape index (κ1) is 13.7. The maximum Gasteiger partial charge on any atom is 0.0992 e. The van der Waals surface area contributed by atoms with E-state index in [1.165, 1.54) is 19.3 Å². The van der Waals surface area contributed by atoms with Crippen LogP contribution in [0.3, 0.4) is 0 Å². The topological polar surface area (TPSA) is 56.3 Å². The van der Waals surface area contributed by atoms with Gasteiger partial charge >= 0.3 is 0 Å². The van der Waals surface area contributed by atoms with Gasteiger partial charge in [0.1, 0.15) is 0 Å². The van der Waals surface area contributed by atoms with E-state index in [-0.39, 0.29) is 5.54 Å². The molecule has 0 bridgehead atoms. The maximum absolute atomic E-state index is 9.00. The molecule has 0 aliphatic heterocycles. The molecule has 1 aliphatic rings. The van der Waals surface area contributed by atoms with Crippen LogP contribution in [0.15, 0.2) is 18.2 Å². The average molecular weight is 258 g/mol. The Bertz CT molecular complexity index is 497. The molecule has 4 nitrogen and oxygen atoms in total. The molecule has 102 valence electrons. The predicted molar refractivity (Wildman–Crippen MR) is 79.1 cm³/mol. The molecule has 1 aromatic rings. The zero-order chi connectivity index (χ0) is 14.0. The number of likely N-dealkylation sites (N-methyl/N-ethyl adjacent to an activating group) is 2. The number of nitrogen functional groups attached to an aromatic ring is 1. The van der Waals surface area contributed by atoms with Crippen molar-refractivity contribution in [2.75, 3.05) is 38.3 Å². The lowest BCUT2D eigenvalue weighted by Gasteiger charge is -2.49. The lowest BCUT2D eigenvalue weighted by molar-refractivity contribution is 0.0683. The first-order valence-electron chi connectivity index (χ1n) is 6.67. The molecule has 1 aromatic carbocycles. The Morgan fingerprint density at radius 1 is 1.32 bits per heavy atom. The van der Waals surface area contributed by atoms with Gasteiger partial charge in [-0.25, -0.2) is 0 Å². The third-order valence-corrected chi connectivity index (χ3v) is 4.34. The second-order valence-corrected chi connectivity index (χ2v) is 5.71. The Morgan fingerprint density at radius 3 is 2.47 bits per heavy atom. The number of hydrogen-bond donors (Lipinski definition) is 1. The van der Waals surface area contributed by atoms with E-state index < -0.39 is 0 Å². The van der Waals surface area contributed by atoms with Gasteiger partial charge in [-0.1, -0.05) is 0 Å². The molecule has 0 amide bonds. The van der Waals surface area contributed by atoms with Crippen LogP contribution in [0.25, 0.3) is 0 Å². The molecule has 0 heterocycles. The Kier molecular flexibility index (Phi) is 3.68. The van der Waals surface area contributed by atoms with Crippen LogP contribution in [0.2, 0.25) is 0 Å². The molecule has 0 radical (unpaired) electrons. The fraction of sp³-hybridized carbons (Fsp3) is 0.533. The minimum absolute atomic E-state index is 0.254. The summed E-state index contributed by atoms with van der Waals surface area (Å²) in [5.41, 5.74) is 8.63. The third-order valence-electron chi connectivity index (χ3n) is 4.34. The number of nitrogens with zero attached hydrogens (tertiary/aromatic N) is 3. The highest BCUT2D eigenvalue weighted by molar-refractivity contribution is 5.69. The van der Waals surface area contributed by atoms with Crippen LogP contribution < -0.4 is 10.6 Å². The van der Waals surface area contributed by atoms with E-state index in [2.05, 4.69) is 37.0 Å². The van der Waals surface area contributed by atoms with Crippen molar-refractivity contribution >= 4 is 11.4 Å². The Labute approximate surface area is 115 Å². The normalized spacial score (nSPS) is 16.8. The lowest BCUT2D eigenvalue weighted by Crippen LogP contribution is -2.56. The van der Waals surface area contributed by atoms with Gasteiger partial charge < -0.3 is 15.5 Å². The molecule has 0 atom stereocenters. The van der Waals surface area contributed by atoms with E-state index >= 15 is 0 Å². The molecular weight excluding hydrogens is 236 g/mol. The van der Waals surface area contributed by atoms with E-state index in [0.29, 0.717) is 5.56 Å². The van der Waals surface area contributed by atoms with E-state index in [9.17, 15) is 0 Å². The molecule has 19 heavy (non-hydrogen) atoms. The van der Waals surface area contributed by atoms with Crippen molar-refractivity contribution in [2.24, 2.45) is 0 Å². The number of benzene rings is 1. The van der Waals surface area contributed by atoms with Crippen molar-refractivity contribution in [1.29, 1.82) is 5.26 Å². The fourth-order valence-electron chi connectivity index (χ4n) is 2.80. The zero-order valence-electron chi connectivity index (χ0n) is 12.0. The largest absolute Gasteiger partial charge is 0.397 e. The van der Waals surface area contributed by atoms with Gasteiger partial charge in [0.25, 0.3) is 0 Å². The second-order valence-electron chi connectivity index (χ2n) is 5.71. The smallest absolute Gasteiger partial charge is 0.0992 e. The van der Waals surface area contributed by atoms with Gasteiger partial charge in [0.15, 0.2) is 0 Å². The van der Waals surface area contributed by atoms with E-state index in [1.807, 2.05) is 12.1 Å². The minimum Gasteiger partial charge on any atom is -0.397 e. The van der Waals surface area contributed by atoms with Gasteiger partial charge in [0.2, 0.25) is 0 Å². The van der Waals surface area contributed by atoms with Gasteiger partial charge in [0.05, 0.1) is 23.0 Å². The summed E-state index contributed by atoms with van der Waals surface area (Å²) in [5.74, 6) is 0. The molecular formula is C15H22N4. The number of hydrogen-bond acceptors (Lipinski definition) is 4. The van der Waals surface area contributed by atoms with E-state index in [1.54, 1.807) is 6.07 Å². The van der Waals surface area contributed by atoms with Gasteiger partial charge in [-0.05, 0) is 51.6 Å². The van der Waals surface area contributed by atoms with Crippen LogP contribution in [-0.2, 0) is 0 Å². The molecule has 0 saturated heterocycles. The van der Waals surface area contributed by atoms with Crippen molar-refractivity contribution in [1.82, 2.24) is 4.90 Å². The molecule has 0 aromatic heterocycles. The van der Waals surface area contributed by atoms with Crippen molar-refractivity contribution in [3.8, 4) is 6.07 Å². The Morgan fingerprint density at radius 2 is 2.00 bits per heavy atom. The van der Waals surface area contributed by atoms with Crippen LogP contribution in [0.1, 0.15) is 24.8 Å². The summed E-state index contributed by atoms with van der Waals surface area (Å²) in [5, 5.41) is 9.00. The molecule has 2 N–H and O–H groups in total. The Balaban J connectivity index is 2.20. The van der Waals surface area contributed by atoms with Gasteiger partial charge in [-0.3, -0.25) is 0 Å². The van der Waals surface area contributed by atoms with Crippen LogP contribution in [-0.4, -0.2) is 38.1 Å². The monoisotopic (exact) mass is 258 g/mol. The van der Waals surface area contributed by atoms with Gasteiger partial charge in [-0.2, -0.15) is 5.26 Å². The first-order chi connectivity index (χ1) is 8.98. The van der Waals surface area contributed by atoms with E-state index in [4.69, 9.17) is 11.0 Å². The van der Waals surface area contributed by atoms with Gasteiger partial charge in [0, 0.05) is 19.1 Å². The zero-order valence-corrected chi connectivity index (χ0v) is 12.0. The molecule has 0 unspecified atom stereocenters. The number of nitriles is 1. The van der Waals surface area contributed by atoms with Crippen molar-refractivity contribution in [2.45, 2.75) is 24.8 Å². The Hall–Kier alpha value is -1.73. The predicted octanol–water partition coefficient (Wildman–Crippen LogP) is 2.06. The molecule has 1 saturated carbocycles. The third kappa shape index (κ3) is 2.52. The summed E-state index contributed by atoms with van der Waals surface area (Å²) in [7, 11) is 6.33. The summed E-state index contributed by atoms with van der Waals surface area (Å²) < 4.78 is 0. The van der Waals surface area contributed by atoms with Crippen molar-refractivity contribution in [3.05, 3.63) is 23.8 Å². The van der Waals surface area contributed by atoms with Crippen molar-refractivity contribution < 1.29 is 0 Å². The average Bonchev–Trinajstić information content (AvgIpc) is 2.33. The molecule has 4 heteroatoms. The summed E-state index contributed by atoms with van der Waals surface area (Å²) >= 11 is 0. The maximum atomic E-state index is 9.00. The summed E-state index contributed by atoms with van der Waals surface area (Å²) in [6.07, 6.45) is 3.74. The van der Waals surface area contributed by atoms with E-state index in [0.717, 1.165) is 17.9 Å². The number of anilines is 2. The summed E-state index contributed by atoms with van der Waals surface area (Å²) in [6.45, 7) is 0.944. The highest BCUT2D eigenvalue weighted by Crippen LogP contribution is 2.38. The minimum atomic E-state index is 0.254. The standard InChI is InChI=1S/C15H22N4/c1-18(2)15(7-4-8-15)11-19(3)14-9-12(10-16)5-6-13(14)17/h5-6,9H,4,7-8,11,17H2,1-3H3. The molecule has 2 rings (SSSR count). The molecule has 1 fully saturated rings. The molecule has 0 spiro atoms. The molecule has 1 aliphatic carbocycles. The highest BCUT2D eigenvalue weighted by atomic mass is 15.2. The fourth-order valence-corrected chi connectivity index (χ4v) is 2.80. The second kappa shape index (κ2) is 5.10. The number of rotatable bonds is 4.